The molecule has 2 heterocycles. The number of aromatic nitrogens is 1. The Labute approximate surface area is 102 Å². The molecule has 0 amide bonds. The lowest BCUT2D eigenvalue weighted by Crippen LogP contribution is -2.41. The Hall–Kier alpha value is -0.740. The molecule has 1 N–H and O–H groups in total. The average molecular weight is 237 g/mol. The minimum atomic E-state index is 0.587. The average Bonchev–Trinajstić information content (AvgIpc) is 2.31. The van der Waals surface area contributed by atoms with Gasteiger partial charge in [0, 0.05) is 42.4 Å². The molecule has 1 unspecified atom stereocenters. The van der Waals surface area contributed by atoms with Crippen LogP contribution in [0.3, 0.4) is 0 Å². The smallest absolute Gasteiger partial charge is 0.133 e. The molecule has 0 spiro atoms. The maximum atomic E-state index is 4.55. The van der Waals surface area contributed by atoms with Crippen LogP contribution in [-0.4, -0.2) is 36.1 Å². The molecule has 1 aromatic heterocycles. The summed E-state index contributed by atoms with van der Waals surface area (Å²) in [6.45, 7) is 4.28. The fraction of sp³-hybridized carbons (Fsp3) is 0.583. The first kappa shape index (κ1) is 11.7. The van der Waals surface area contributed by atoms with Crippen LogP contribution in [0.25, 0.3) is 0 Å². The molecule has 16 heavy (non-hydrogen) atoms. The molecule has 3 nitrogen and oxygen atoms in total. The van der Waals surface area contributed by atoms with Gasteiger partial charge in [-0.05, 0) is 20.0 Å². The molecule has 2 rings (SSSR count). The quantitative estimate of drug-likeness (QED) is 0.867. The third-order valence-corrected chi connectivity index (χ3v) is 4.06. The van der Waals surface area contributed by atoms with Crippen LogP contribution in [0.4, 0.5) is 5.82 Å². The number of pyridine rings is 1. The molecule has 0 aromatic carbocycles. The lowest BCUT2D eigenvalue weighted by atomic mass is 10.2. The van der Waals surface area contributed by atoms with Crippen molar-refractivity contribution in [2.75, 3.05) is 30.0 Å². The van der Waals surface area contributed by atoms with Gasteiger partial charge < -0.3 is 10.2 Å². The van der Waals surface area contributed by atoms with Gasteiger partial charge in [-0.3, -0.25) is 0 Å². The molecule has 1 aliphatic rings. The summed E-state index contributed by atoms with van der Waals surface area (Å²) in [7, 11) is 1.98. The van der Waals surface area contributed by atoms with Gasteiger partial charge in [-0.25, -0.2) is 4.98 Å². The van der Waals surface area contributed by atoms with Gasteiger partial charge in [-0.1, -0.05) is 6.07 Å². The summed E-state index contributed by atoms with van der Waals surface area (Å²) >= 11 is 2.04. The molecule has 4 heteroatoms. The van der Waals surface area contributed by atoms with Crippen molar-refractivity contribution < 1.29 is 0 Å². The summed E-state index contributed by atoms with van der Waals surface area (Å²) < 4.78 is 0. The first-order chi connectivity index (χ1) is 7.83. The Morgan fingerprint density at radius 3 is 3.25 bits per heavy atom. The van der Waals surface area contributed by atoms with E-state index in [2.05, 4.69) is 28.2 Å². The second kappa shape index (κ2) is 5.55. The first-order valence-electron chi connectivity index (χ1n) is 5.76. The van der Waals surface area contributed by atoms with Crippen molar-refractivity contribution in [2.24, 2.45) is 0 Å². The van der Waals surface area contributed by atoms with Crippen molar-refractivity contribution in [1.82, 2.24) is 10.3 Å². The first-order valence-corrected chi connectivity index (χ1v) is 6.91. The molecule has 0 aliphatic carbocycles. The summed E-state index contributed by atoms with van der Waals surface area (Å²) in [5.74, 6) is 3.57. The highest BCUT2D eigenvalue weighted by Gasteiger charge is 2.21. The van der Waals surface area contributed by atoms with Crippen LogP contribution in [-0.2, 0) is 6.54 Å². The van der Waals surface area contributed by atoms with E-state index in [9.17, 15) is 0 Å². The topological polar surface area (TPSA) is 28.2 Å². The fourth-order valence-corrected chi connectivity index (χ4v) is 3.07. The van der Waals surface area contributed by atoms with Crippen LogP contribution in [0.15, 0.2) is 18.3 Å². The Bertz CT molecular complexity index is 343. The van der Waals surface area contributed by atoms with Gasteiger partial charge in [-0.15, -0.1) is 0 Å². The highest BCUT2D eigenvalue weighted by atomic mass is 32.2. The zero-order valence-corrected chi connectivity index (χ0v) is 10.8. The Morgan fingerprint density at radius 2 is 2.50 bits per heavy atom. The van der Waals surface area contributed by atoms with Crippen molar-refractivity contribution in [3.05, 3.63) is 23.9 Å². The Balaban J connectivity index is 2.23. The number of thioether (sulfide) groups is 1. The second-order valence-electron chi connectivity index (χ2n) is 4.13. The molecular weight excluding hydrogens is 218 g/mol. The van der Waals surface area contributed by atoms with E-state index in [0.717, 1.165) is 18.9 Å². The standard InChI is InChI=1S/C12H19N3S/c1-10-9-16-7-6-15(10)12-11(8-13-2)4-3-5-14-12/h3-5,10,13H,6-9H2,1-2H3. The Morgan fingerprint density at radius 1 is 1.62 bits per heavy atom. The predicted molar refractivity (Wildman–Crippen MR) is 71.1 cm³/mol. The molecule has 88 valence electrons. The molecule has 0 bridgehead atoms. The van der Waals surface area contributed by atoms with E-state index in [0.29, 0.717) is 6.04 Å². The van der Waals surface area contributed by atoms with Crippen molar-refractivity contribution in [3.8, 4) is 0 Å². The maximum absolute atomic E-state index is 4.55. The van der Waals surface area contributed by atoms with E-state index >= 15 is 0 Å². The third kappa shape index (κ3) is 2.50. The van der Waals surface area contributed by atoms with Crippen LogP contribution in [0.5, 0.6) is 0 Å². The summed E-state index contributed by atoms with van der Waals surface area (Å²) in [4.78, 5) is 6.98. The number of anilines is 1. The lowest BCUT2D eigenvalue weighted by molar-refractivity contribution is 0.679. The van der Waals surface area contributed by atoms with Gasteiger partial charge in [-0.2, -0.15) is 11.8 Å². The molecule has 1 atom stereocenters. The fourth-order valence-electron chi connectivity index (χ4n) is 2.06. The summed E-state index contributed by atoms with van der Waals surface area (Å²) in [6, 6.07) is 4.76. The molecule has 0 radical (unpaired) electrons. The van der Waals surface area contributed by atoms with E-state index in [1.807, 2.05) is 31.1 Å². The Kier molecular flexibility index (Phi) is 4.07. The summed E-state index contributed by atoms with van der Waals surface area (Å²) in [5, 5.41) is 3.21. The van der Waals surface area contributed by atoms with Crippen molar-refractivity contribution in [1.29, 1.82) is 0 Å². The zero-order valence-electron chi connectivity index (χ0n) is 9.94. The molecular formula is C12H19N3S. The number of rotatable bonds is 3. The number of hydrogen-bond acceptors (Lipinski definition) is 4. The SMILES string of the molecule is CNCc1cccnc1N1CCSCC1C. The molecule has 1 aliphatic heterocycles. The van der Waals surface area contributed by atoms with Crippen LogP contribution in [0, 0.1) is 0 Å². The van der Waals surface area contributed by atoms with Crippen molar-refractivity contribution in [2.45, 2.75) is 19.5 Å². The van der Waals surface area contributed by atoms with E-state index in [1.165, 1.54) is 17.1 Å². The number of nitrogens with one attached hydrogen (secondary N) is 1. The predicted octanol–water partition coefficient (Wildman–Crippen LogP) is 1.74. The zero-order chi connectivity index (χ0) is 11.4. The van der Waals surface area contributed by atoms with Crippen molar-refractivity contribution >= 4 is 17.6 Å². The van der Waals surface area contributed by atoms with Crippen LogP contribution < -0.4 is 10.2 Å². The van der Waals surface area contributed by atoms with E-state index < -0.39 is 0 Å². The summed E-state index contributed by atoms with van der Waals surface area (Å²) in [6.07, 6.45) is 1.89. The monoisotopic (exact) mass is 237 g/mol. The normalized spacial score (nSPS) is 21.1. The highest BCUT2D eigenvalue weighted by Crippen LogP contribution is 2.24. The van der Waals surface area contributed by atoms with Gasteiger partial charge in [0.25, 0.3) is 0 Å². The van der Waals surface area contributed by atoms with Crippen LogP contribution in [0.2, 0.25) is 0 Å². The second-order valence-corrected chi connectivity index (χ2v) is 5.28. The van der Waals surface area contributed by atoms with E-state index in [-0.39, 0.29) is 0 Å². The van der Waals surface area contributed by atoms with E-state index in [4.69, 9.17) is 0 Å². The minimum Gasteiger partial charge on any atom is -0.352 e. The lowest BCUT2D eigenvalue weighted by Gasteiger charge is -2.35. The molecule has 0 saturated carbocycles. The molecule has 1 fully saturated rings. The van der Waals surface area contributed by atoms with Gasteiger partial charge in [0.15, 0.2) is 0 Å². The van der Waals surface area contributed by atoms with Crippen LogP contribution >= 0.6 is 11.8 Å². The number of nitrogens with zero attached hydrogens (tertiary/aromatic N) is 2. The highest BCUT2D eigenvalue weighted by molar-refractivity contribution is 7.99. The maximum Gasteiger partial charge on any atom is 0.133 e. The van der Waals surface area contributed by atoms with E-state index in [1.54, 1.807) is 0 Å². The van der Waals surface area contributed by atoms with Gasteiger partial charge in [0.1, 0.15) is 5.82 Å². The van der Waals surface area contributed by atoms with Crippen LogP contribution in [0.1, 0.15) is 12.5 Å². The molecule has 1 saturated heterocycles. The van der Waals surface area contributed by atoms with Gasteiger partial charge in [0.05, 0.1) is 0 Å². The van der Waals surface area contributed by atoms with Crippen molar-refractivity contribution in [3.63, 3.8) is 0 Å². The number of hydrogen-bond donors (Lipinski definition) is 1. The largest absolute Gasteiger partial charge is 0.352 e. The van der Waals surface area contributed by atoms with Gasteiger partial charge >= 0.3 is 0 Å². The molecule has 1 aromatic rings. The summed E-state index contributed by atoms with van der Waals surface area (Å²) in [5.41, 5.74) is 1.30. The minimum absolute atomic E-state index is 0.587. The third-order valence-electron chi connectivity index (χ3n) is 2.87. The van der Waals surface area contributed by atoms with Gasteiger partial charge in [0.2, 0.25) is 0 Å².